The van der Waals surface area contributed by atoms with Crippen molar-refractivity contribution >= 4 is 37.4 Å². The second-order valence-electron chi connectivity index (χ2n) is 6.71. The average molecular weight is 557 g/mol. The molecule has 0 spiro atoms. The van der Waals surface area contributed by atoms with Gasteiger partial charge in [0.15, 0.2) is 0 Å². The third kappa shape index (κ3) is 9.49. The SMILES string of the molecule is [CH-]=O.[CH-]=O.[CH2-]c1cccc(C)c1[PH+](c1ccccc1)c1ccccc1.[NH-]Cc1ccccn1.[Ru+4]. The molecule has 0 aliphatic rings. The molecule has 0 aliphatic heterocycles. The Labute approximate surface area is 217 Å². The molecule has 0 bridgehead atoms. The number of pyridine rings is 1. The molecule has 0 unspecified atom stereocenters. The maximum atomic E-state index is 7.75. The van der Waals surface area contributed by atoms with E-state index in [0.29, 0.717) is 0 Å². The molecule has 174 valence electrons. The van der Waals surface area contributed by atoms with Crippen molar-refractivity contribution in [3.63, 3.8) is 0 Å². The number of hydrogen-bond acceptors (Lipinski definition) is 3. The van der Waals surface area contributed by atoms with Crippen molar-refractivity contribution < 1.29 is 29.1 Å². The van der Waals surface area contributed by atoms with Gasteiger partial charge < -0.3 is 15.3 Å². The molecule has 34 heavy (non-hydrogen) atoms. The average Bonchev–Trinajstić information content (AvgIpc) is 2.90. The van der Waals surface area contributed by atoms with Gasteiger partial charge in [0.25, 0.3) is 0 Å². The van der Waals surface area contributed by atoms with E-state index in [1.54, 1.807) is 6.20 Å². The zero-order chi connectivity index (χ0) is 24.5. The Morgan fingerprint density at radius 3 is 1.65 bits per heavy atom. The third-order valence-corrected chi connectivity index (χ3v) is 7.68. The quantitative estimate of drug-likeness (QED) is 0.158. The van der Waals surface area contributed by atoms with Crippen molar-refractivity contribution in [2.24, 2.45) is 0 Å². The molecule has 4 rings (SSSR count). The molecule has 6 heteroatoms. The monoisotopic (exact) mass is 557 g/mol. The van der Waals surface area contributed by atoms with E-state index in [0.717, 1.165) is 11.3 Å². The molecule has 4 nitrogen and oxygen atoms in total. The van der Waals surface area contributed by atoms with Crippen molar-refractivity contribution in [2.45, 2.75) is 13.5 Å². The first kappa shape index (κ1) is 31.0. The first-order chi connectivity index (χ1) is 16.2. The van der Waals surface area contributed by atoms with Gasteiger partial charge in [-0.25, -0.2) is 0 Å². The van der Waals surface area contributed by atoms with Crippen LogP contribution < -0.4 is 15.9 Å². The van der Waals surface area contributed by atoms with E-state index in [2.05, 4.69) is 111 Å². The van der Waals surface area contributed by atoms with Crippen LogP contribution >= 0.6 is 7.92 Å². The van der Waals surface area contributed by atoms with Crippen LogP contribution in [0.1, 0.15) is 16.8 Å². The predicted octanol–water partition coefficient (Wildman–Crippen LogP) is 4.75. The van der Waals surface area contributed by atoms with E-state index in [-0.39, 0.29) is 26.0 Å². The summed E-state index contributed by atoms with van der Waals surface area (Å²) in [5.74, 6) is 0. The zero-order valence-electron chi connectivity index (χ0n) is 19.0. The third-order valence-electron chi connectivity index (χ3n) is 4.64. The van der Waals surface area contributed by atoms with Crippen molar-refractivity contribution in [3.8, 4) is 0 Å². The van der Waals surface area contributed by atoms with Gasteiger partial charge in [-0.15, -0.1) is 12.6 Å². The summed E-state index contributed by atoms with van der Waals surface area (Å²) in [6.45, 7) is 13.3. The van der Waals surface area contributed by atoms with E-state index in [9.17, 15) is 0 Å². The number of nitrogens with zero attached hydrogens (tertiary/aromatic N) is 1. The maximum absolute atomic E-state index is 7.75. The molecule has 0 saturated heterocycles. The van der Waals surface area contributed by atoms with Crippen LogP contribution in [-0.4, -0.2) is 18.6 Å². The molecule has 4 aromatic rings. The van der Waals surface area contributed by atoms with Crippen LogP contribution in [0.15, 0.2) is 103 Å². The first-order valence-corrected chi connectivity index (χ1v) is 11.6. The number of nitrogens with one attached hydrogen (secondary N) is 1. The summed E-state index contributed by atoms with van der Waals surface area (Å²) in [5, 5.41) is 4.24. The smallest absolute Gasteiger partial charge is 0.672 e. The number of aromatic nitrogens is 1. The van der Waals surface area contributed by atoms with Crippen LogP contribution in [0.3, 0.4) is 0 Å². The van der Waals surface area contributed by atoms with Crippen molar-refractivity contribution in [3.05, 3.63) is 133 Å². The molecule has 0 radical (unpaired) electrons. The second-order valence-corrected chi connectivity index (χ2v) is 9.12. The summed E-state index contributed by atoms with van der Waals surface area (Å²) in [6.07, 6.45) is 1.70. The Hall–Kier alpha value is -2.97. The normalized spacial score (nSPS) is 9.03. The molecule has 0 aliphatic carbocycles. The summed E-state index contributed by atoms with van der Waals surface area (Å²) in [6, 6.07) is 33.6. The van der Waals surface area contributed by atoms with Gasteiger partial charge in [0.1, 0.15) is 0 Å². The van der Waals surface area contributed by atoms with Crippen LogP contribution in [0.2, 0.25) is 0 Å². The van der Waals surface area contributed by atoms with Gasteiger partial charge in [0.2, 0.25) is 0 Å². The van der Waals surface area contributed by atoms with E-state index in [1.807, 2.05) is 18.2 Å². The number of benzene rings is 3. The summed E-state index contributed by atoms with van der Waals surface area (Å²) in [5.41, 5.74) is 10.2. The fourth-order valence-corrected chi connectivity index (χ4v) is 6.10. The van der Waals surface area contributed by atoms with Crippen molar-refractivity contribution in [1.29, 1.82) is 0 Å². The maximum Gasteiger partial charge on any atom is 4.00 e. The van der Waals surface area contributed by atoms with Gasteiger partial charge in [-0.1, -0.05) is 54.1 Å². The van der Waals surface area contributed by atoms with Crippen LogP contribution in [0.4, 0.5) is 0 Å². The molecule has 1 heterocycles. The fourth-order valence-electron chi connectivity index (χ4n) is 3.25. The van der Waals surface area contributed by atoms with Gasteiger partial charge in [-0.3, -0.25) is 18.6 Å². The minimum atomic E-state index is -1.00. The van der Waals surface area contributed by atoms with E-state index < -0.39 is 7.92 Å². The Morgan fingerprint density at radius 2 is 1.26 bits per heavy atom. The Kier molecular flexibility index (Phi) is 16.8. The van der Waals surface area contributed by atoms with Gasteiger partial charge in [-0.2, -0.15) is 18.6 Å². The number of rotatable bonds is 4. The zero-order valence-corrected chi connectivity index (χ0v) is 21.7. The van der Waals surface area contributed by atoms with E-state index >= 15 is 0 Å². The van der Waals surface area contributed by atoms with Crippen molar-refractivity contribution in [1.82, 2.24) is 4.98 Å². The van der Waals surface area contributed by atoms with Crippen LogP contribution in [0, 0.1) is 13.8 Å². The molecule has 0 amide bonds. The molecule has 1 N–H and O–H groups in total. The standard InChI is InChI=1S/C20H18P.C6H7N2.2CHO.Ru/c1-16-10-9-11-17(2)20(16)21(18-12-5-3-6-13-18)19-14-7-4-8-15-19;7-5-6-3-1-2-4-8-6;2*1-2;/h3-15H,1H2,2H3;1-4,7H,5H2;2*1H;/q4*-1;+4/p+1. The minimum Gasteiger partial charge on any atom is -0.672 e. The predicted molar refractivity (Wildman–Crippen MR) is 142 cm³/mol. The van der Waals surface area contributed by atoms with E-state index in [1.165, 1.54) is 21.5 Å². The van der Waals surface area contributed by atoms with E-state index in [4.69, 9.17) is 15.3 Å². The molecule has 1 aromatic heterocycles. The molecule has 3 aromatic carbocycles. The summed E-state index contributed by atoms with van der Waals surface area (Å²) in [7, 11) is -1.00. The van der Waals surface area contributed by atoms with Crippen molar-refractivity contribution in [2.75, 3.05) is 0 Å². The Morgan fingerprint density at radius 1 is 0.765 bits per heavy atom. The topological polar surface area (TPSA) is 70.8 Å². The molecule has 0 fully saturated rings. The van der Waals surface area contributed by atoms with Crippen LogP contribution in [0.25, 0.3) is 5.73 Å². The van der Waals surface area contributed by atoms with Crippen LogP contribution in [0.5, 0.6) is 0 Å². The summed E-state index contributed by atoms with van der Waals surface area (Å²) in [4.78, 5) is 19.4. The molecular weight excluding hydrogens is 528 g/mol. The minimum absolute atomic E-state index is 0. The summed E-state index contributed by atoms with van der Waals surface area (Å²) >= 11 is 0. The number of aryl methyl sites for hydroxylation is 1. The van der Waals surface area contributed by atoms with Gasteiger partial charge >= 0.3 is 19.5 Å². The first-order valence-electron chi connectivity index (χ1n) is 10.1. The molecular formula is C28H28N2O2PRu+. The Bertz CT molecular complexity index is 990. The number of carbonyl (C=O) groups excluding carboxylic acids is 2. The van der Waals surface area contributed by atoms with Gasteiger partial charge in [-0.05, 0) is 43.3 Å². The molecule has 0 saturated carbocycles. The second kappa shape index (κ2) is 18.5. The largest absolute Gasteiger partial charge is 4.00 e. The van der Waals surface area contributed by atoms with Crippen LogP contribution in [-0.2, 0) is 35.6 Å². The molecule has 0 atom stereocenters. The summed E-state index contributed by atoms with van der Waals surface area (Å²) < 4.78 is 0. The fraction of sp³-hybridized carbons (Fsp3) is 0.0714. The number of hydrogen-bond donors (Lipinski definition) is 0. The van der Waals surface area contributed by atoms with Gasteiger partial charge in [0, 0.05) is 17.2 Å². The van der Waals surface area contributed by atoms with Gasteiger partial charge in [0.05, 0.1) is 18.5 Å². The Balaban J connectivity index is 0.000000706.